The van der Waals surface area contributed by atoms with Gasteiger partial charge in [0, 0.05) is 0 Å². The highest BCUT2D eigenvalue weighted by atomic mass is 16.3. The molecule has 10 atom stereocenters. The Labute approximate surface area is 192 Å². The summed E-state index contributed by atoms with van der Waals surface area (Å²) in [6.45, 7) is 12.0. The molecule has 0 aromatic rings. The average Bonchev–Trinajstić information content (AvgIpc) is 3.49. The van der Waals surface area contributed by atoms with E-state index in [0.29, 0.717) is 16.7 Å². The van der Waals surface area contributed by atoms with Gasteiger partial charge in [0.1, 0.15) is 0 Å². The smallest absolute Gasteiger partial charge is 0.0647 e. The second-order valence-electron chi connectivity index (χ2n) is 14.2. The molecule has 5 rings (SSSR count). The summed E-state index contributed by atoms with van der Waals surface area (Å²) >= 11 is 0. The van der Waals surface area contributed by atoms with Crippen LogP contribution in [-0.4, -0.2) is 21.4 Å². The minimum Gasteiger partial charge on any atom is -0.390 e. The molecular formula is C29H50O2. The molecule has 0 radical (unpaired) electrons. The van der Waals surface area contributed by atoms with Crippen LogP contribution >= 0.6 is 0 Å². The van der Waals surface area contributed by atoms with Crippen LogP contribution < -0.4 is 0 Å². The van der Waals surface area contributed by atoms with Crippen molar-refractivity contribution in [1.29, 1.82) is 0 Å². The molecule has 0 aliphatic heterocycles. The number of aliphatic hydroxyl groups is 2. The molecule has 31 heavy (non-hydrogen) atoms. The van der Waals surface area contributed by atoms with Gasteiger partial charge >= 0.3 is 0 Å². The molecule has 5 saturated carbocycles. The quantitative estimate of drug-likeness (QED) is 0.494. The number of hydrogen-bond acceptors (Lipinski definition) is 2. The minimum atomic E-state index is -0.421. The van der Waals surface area contributed by atoms with Crippen molar-refractivity contribution in [3.05, 3.63) is 0 Å². The van der Waals surface area contributed by atoms with Crippen LogP contribution in [0.5, 0.6) is 0 Å². The summed E-state index contributed by atoms with van der Waals surface area (Å²) in [6.07, 6.45) is 16.5. The summed E-state index contributed by atoms with van der Waals surface area (Å²) in [5.74, 6) is 5.65. The Bertz CT molecular complexity index is 678. The Hall–Kier alpha value is -0.0800. The van der Waals surface area contributed by atoms with E-state index in [1.165, 1.54) is 64.2 Å². The molecule has 4 unspecified atom stereocenters. The van der Waals surface area contributed by atoms with Gasteiger partial charge in [-0.25, -0.2) is 0 Å². The lowest BCUT2D eigenvalue weighted by Crippen LogP contribution is -2.55. The van der Waals surface area contributed by atoms with Crippen molar-refractivity contribution in [3.63, 3.8) is 0 Å². The van der Waals surface area contributed by atoms with Crippen LogP contribution in [0.3, 0.4) is 0 Å². The molecule has 5 aliphatic rings. The Morgan fingerprint density at radius 2 is 1.58 bits per heavy atom. The first-order chi connectivity index (χ1) is 14.5. The highest BCUT2D eigenvalue weighted by Crippen LogP contribution is 2.69. The van der Waals surface area contributed by atoms with E-state index >= 15 is 0 Å². The predicted octanol–water partition coefficient (Wildman–Crippen LogP) is 6.97. The van der Waals surface area contributed by atoms with Crippen LogP contribution in [0.15, 0.2) is 0 Å². The highest BCUT2D eigenvalue weighted by molar-refractivity contribution is 5.10. The number of hydrogen-bond donors (Lipinski definition) is 2. The maximum absolute atomic E-state index is 10.9. The van der Waals surface area contributed by atoms with Crippen molar-refractivity contribution in [1.82, 2.24) is 0 Å². The summed E-state index contributed by atoms with van der Waals surface area (Å²) in [5, 5.41) is 21.6. The highest BCUT2D eigenvalue weighted by Gasteiger charge is 2.61. The standard InChI is InChI=1S/C29H50O2/c1-19(12-15-29(5,31)20-6-7-20)23-10-11-24-22-9-8-21-18-26(2,30)16-17-27(21,3)25(22)13-14-28(23,24)4/h19-25,30-31H,6-18H2,1-5H3/t19-,21?,22+,23-,24?,25?,26+,27+,28-,29?/m1/s1. The van der Waals surface area contributed by atoms with Gasteiger partial charge in [0.25, 0.3) is 0 Å². The zero-order valence-electron chi connectivity index (χ0n) is 21.1. The maximum Gasteiger partial charge on any atom is 0.0647 e. The van der Waals surface area contributed by atoms with Gasteiger partial charge < -0.3 is 10.2 Å². The van der Waals surface area contributed by atoms with E-state index in [1.807, 2.05) is 0 Å². The van der Waals surface area contributed by atoms with Crippen LogP contribution in [-0.2, 0) is 0 Å². The van der Waals surface area contributed by atoms with E-state index in [1.54, 1.807) is 0 Å². The molecule has 0 heterocycles. The zero-order chi connectivity index (χ0) is 22.2. The minimum absolute atomic E-state index is 0.417. The summed E-state index contributed by atoms with van der Waals surface area (Å²) in [6, 6.07) is 0. The van der Waals surface area contributed by atoms with Crippen LogP contribution in [0.25, 0.3) is 0 Å². The number of fused-ring (bicyclic) bond motifs is 5. The zero-order valence-corrected chi connectivity index (χ0v) is 21.1. The molecule has 2 heteroatoms. The second-order valence-corrected chi connectivity index (χ2v) is 14.2. The van der Waals surface area contributed by atoms with Crippen LogP contribution in [0.1, 0.15) is 118 Å². The van der Waals surface area contributed by atoms with Crippen molar-refractivity contribution in [2.24, 2.45) is 52.3 Å². The van der Waals surface area contributed by atoms with Crippen molar-refractivity contribution in [2.75, 3.05) is 0 Å². The normalized spacial score (nSPS) is 52.5. The van der Waals surface area contributed by atoms with Gasteiger partial charge in [-0.3, -0.25) is 0 Å². The Morgan fingerprint density at radius 1 is 0.871 bits per heavy atom. The molecule has 2 nitrogen and oxygen atoms in total. The van der Waals surface area contributed by atoms with Crippen LogP contribution in [0.2, 0.25) is 0 Å². The lowest BCUT2D eigenvalue weighted by Gasteiger charge is -2.62. The van der Waals surface area contributed by atoms with E-state index in [2.05, 4.69) is 34.6 Å². The van der Waals surface area contributed by atoms with Crippen molar-refractivity contribution < 1.29 is 10.2 Å². The molecule has 0 spiro atoms. The van der Waals surface area contributed by atoms with Gasteiger partial charge in [-0.1, -0.05) is 20.8 Å². The first kappa shape index (κ1) is 22.7. The van der Waals surface area contributed by atoms with Gasteiger partial charge in [0.2, 0.25) is 0 Å². The lowest BCUT2D eigenvalue weighted by atomic mass is 9.43. The van der Waals surface area contributed by atoms with E-state index in [4.69, 9.17) is 0 Å². The van der Waals surface area contributed by atoms with E-state index in [0.717, 1.165) is 54.8 Å². The van der Waals surface area contributed by atoms with Gasteiger partial charge in [0.15, 0.2) is 0 Å². The molecule has 0 saturated heterocycles. The summed E-state index contributed by atoms with van der Waals surface area (Å²) in [5.41, 5.74) is 0.157. The van der Waals surface area contributed by atoms with Gasteiger partial charge in [-0.2, -0.15) is 0 Å². The summed E-state index contributed by atoms with van der Waals surface area (Å²) < 4.78 is 0. The molecule has 0 amide bonds. The van der Waals surface area contributed by atoms with Crippen LogP contribution in [0.4, 0.5) is 0 Å². The molecule has 5 aliphatic carbocycles. The largest absolute Gasteiger partial charge is 0.390 e. The summed E-state index contributed by atoms with van der Waals surface area (Å²) in [7, 11) is 0. The third-order valence-corrected chi connectivity index (χ3v) is 12.3. The summed E-state index contributed by atoms with van der Waals surface area (Å²) in [4.78, 5) is 0. The molecule has 5 fully saturated rings. The first-order valence-electron chi connectivity index (χ1n) is 13.9. The second kappa shape index (κ2) is 7.46. The molecule has 0 aromatic heterocycles. The molecular weight excluding hydrogens is 380 g/mol. The van der Waals surface area contributed by atoms with Crippen molar-refractivity contribution in [3.8, 4) is 0 Å². The fraction of sp³-hybridized carbons (Fsp3) is 1.00. The topological polar surface area (TPSA) is 40.5 Å². The van der Waals surface area contributed by atoms with E-state index in [-0.39, 0.29) is 0 Å². The monoisotopic (exact) mass is 430 g/mol. The van der Waals surface area contributed by atoms with Crippen molar-refractivity contribution >= 4 is 0 Å². The first-order valence-corrected chi connectivity index (χ1v) is 13.9. The predicted molar refractivity (Wildman–Crippen MR) is 128 cm³/mol. The average molecular weight is 431 g/mol. The van der Waals surface area contributed by atoms with Gasteiger partial charge in [-0.05, 0) is 150 Å². The molecule has 0 bridgehead atoms. The molecule has 178 valence electrons. The van der Waals surface area contributed by atoms with E-state index in [9.17, 15) is 10.2 Å². The SMILES string of the molecule is C[C@H](CCC(C)(O)C1CC1)[C@H]1CCC2[C@@H]3CCC4C[C@@](C)(O)CC[C@]4(C)C3CC[C@@]21C. The Morgan fingerprint density at radius 3 is 2.29 bits per heavy atom. The van der Waals surface area contributed by atoms with E-state index < -0.39 is 11.2 Å². The van der Waals surface area contributed by atoms with Gasteiger partial charge in [0.05, 0.1) is 11.2 Å². The fourth-order valence-electron chi connectivity index (χ4n) is 10.0. The Kier molecular flexibility index (Phi) is 5.46. The van der Waals surface area contributed by atoms with Gasteiger partial charge in [-0.15, -0.1) is 0 Å². The number of rotatable bonds is 5. The Balaban J connectivity index is 1.28. The molecule has 2 N–H and O–H groups in total. The lowest BCUT2D eigenvalue weighted by molar-refractivity contribution is -0.148. The molecule has 0 aromatic carbocycles. The fourth-order valence-corrected chi connectivity index (χ4v) is 10.0. The third kappa shape index (κ3) is 3.74. The third-order valence-electron chi connectivity index (χ3n) is 12.3. The maximum atomic E-state index is 10.9. The van der Waals surface area contributed by atoms with Crippen molar-refractivity contribution in [2.45, 2.75) is 129 Å². The van der Waals surface area contributed by atoms with Crippen LogP contribution in [0, 0.1) is 52.3 Å².